The van der Waals surface area contributed by atoms with Crippen LogP contribution in [0.1, 0.15) is 12.0 Å². The van der Waals surface area contributed by atoms with Gasteiger partial charge >= 0.3 is 6.18 Å². The lowest BCUT2D eigenvalue weighted by molar-refractivity contribution is -0.137. The zero-order valence-electron chi connectivity index (χ0n) is 18.7. The Kier molecular flexibility index (Phi) is 6.01. The highest BCUT2D eigenvalue weighted by atomic mass is 19.4. The van der Waals surface area contributed by atoms with Gasteiger partial charge in [0.15, 0.2) is 0 Å². The lowest BCUT2D eigenvalue weighted by atomic mass is 10.1. The summed E-state index contributed by atoms with van der Waals surface area (Å²) in [7, 11) is 0. The van der Waals surface area contributed by atoms with E-state index < -0.39 is 29.5 Å². The van der Waals surface area contributed by atoms with Gasteiger partial charge in [-0.1, -0.05) is 41.6 Å². The predicted octanol–water partition coefficient (Wildman–Crippen LogP) is 5.41. The second-order valence-electron chi connectivity index (χ2n) is 8.31. The van der Waals surface area contributed by atoms with Gasteiger partial charge in [-0.25, -0.2) is 0 Å². The summed E-state index contributed by atoms with van der Waals surface area (Å²) >= 11 is 0. The Morgan fingerprint density at radius 3 is 2.44 bits per heavy atom. The van der Waals surface area contributed by atoms with Crippen molar-refractivity contribution >= 4 is 23.2 Å². The van der Waals surface area contributed by atoms with Crippen molar-refractivity contribution in [3.8, 4) is 22.8 Å². The number of hydrogen-bond acceptors (Lipinski definition) is 5. The minimum absolute atomic E-state index is 0.00565. The van der Waals surface area contributed by atoms with Gasteiger partial charge in [0.05, 0.1) is 11.5 Å². The van der Waals surface area contributed by atoms with Crippen molar-refractivity contribution in [1.82, 2.24) is 10.1 Å². The maximum Gasteiger partial charge on any atom is 0.416 e. The first-order valence-corrected chi connectivity index (χ1v) is 11.1. The molecule has 1 N–H and O–H groups in total. The van der Waals surface area contributed by atoms with Crippen LogP contribution >= 0.6 is 0 Å². The highest BCUT2D eigenvalue weighted by molar-refractivity contribution is 6.03. The number of halogens is 3. The van der Waals surface area contributed by atoms with Gasteiger partial charge < -0.3 is 14.7 Å². The molecule has 1 saturated heterocycles. The van der Waals surface area contributed by atoms with E-state index in [4.69, 9.17) is 4.52 Å². The molecular formula is C26H19F3N4O3. The van der Waals surface area contributed by atoms with Crippen LogP contribution in [0.25, 0.3) is 22.8 Å². The van der Waals surface area contributed by atoms with Gasteiger partial charge in [0.25, 0.3) is 5.89 Å². The van der Waals surface area contributed by atoms with Gasteiger partial charge in [-0.15, -0.1) is 0 Å². The van der Waals surface area contributed by atoms with Crippen LogP contribution in [-0.2, 0) is 15.8 Å². The standard InChI is InChI=1S/C26H19F3N4O3/c27-26(28,29)19-7-4-8-21(14-19)33-15-18(13-22(33)34)24(35)30-20-11-9-17(10-12-20)25-31-23(32-36-25)16-5-2-1-3-6-16/h1-12,14,18H,13,15H2,(H,30,35)/t18-/m1/s1. The summed E-state index contributed by atoms with van der Waals surface area (Å²) in [5.41, 5.74) is 1.24. The third-order valence-electron chi connectivity index (χ3n) is 5.84. The Morgan fingerprint density at radius 2 is 1.72 bits per heavy atom. The quantitative estimate of drug-likeness (QED) is 0.402. The van der Waals surface area contributed by atoms with E-state index in [0.717, 1.165) is 17.7 Å². The molecule has 10 heteroatoms. The fourth-order valence-electron chi connectivity index (χ4n) is 3.97. The van der Waals surface area contributed by atoms with E-state index in [0.29, 0.717) is 23.0 Å². The fraction of sp³-hybridized carbons (Fsp3) is 0.154. The largest absolute Gasteiger partial charge is 0.416 e. The molecule has 2 heterocycles. The number of hydrogen-bond donors (Lipinski definition) is 1. The highest BCUT2D eigenvalue weighted by Gasteiger charge is 2.37. The minimum atomic E-state index is -4.52. The summed E-state index contributed by atoms with van der Waals surface area (Å²) in [6.45, 7) is -0.00565. The maximum atomic E-state index is 13.0. The minimum Gasteiger partial charge on any atom is -0.334 e. The number of nitrogens with one attached hydrogen (secondary N) is 1. The Hall–Kier alpha value is -4.47. The number of amides is 2. The number of rotatable bonds is 5. The van der Waals surface area contributed by atoms with E-state index in [1.165, 1.54) is 17.0 Å². The number of carbonyl (C=O) groups excluding carboxylic acids is 2. The van der Waals surface area contributed by atoms with E-state index in [-0.39, 0.29) is 18.7 Å². The number of aromatic nitrogens is 2. The molecule has 4 aromatic rings. The SMILES string of the molecule is O=C(Nc1ccc(-c2nc(-c3ccccc3)no2)cc1)[C@@H]1CC(=O)N(c2cccc(C(F)(F)F)c2)C1. The van der Waals surface area contributed by atoms with Crippen molar-refractivity contribution in [2.75, 3.05) is 16.8 Å². The average molecular weight is 492 g/mol. The summed E-state index contributed by atoms with van der Waals surface area (Å²) in [4.78, 5) is 30.8. The molecule has 2 amide bonds. The Balaban J connectivity index is 1.24. The third-order valence-corrected chi connectivity index (χ3v) is 5.84. The van der Waals surface area contributed by atoms with Gasteiger partial charge in [-0.05, 0) is 42.5 Å². The van der Waals surface area contributed by atoms with Crippen LogP contribution < -0.4 is 10.2 Å². The first kappa shape index (κ1) is 23.3. The number of carbonyl (C=O) groups is 2. The topological polar surface area (TPSA) is 88.3 Å². The van der Waals surface area contributed by atoms with Crippen molar-refractivity contribution in [2.45, 2.75) is 12.6 Å². The van der Waals surface area contributed by atoms with Gasteiger partial charge in [-0.2, -0.15) is 18.2 Å². The number of anilines is 2. The first-order chi connectivity index (χ1) is 17.3. The van der Waals surface area contributed by atoms with Crippen LogP contribution in [0.5, 0.6) is 0 Å². The molecule has 7 nitrogen and oxygen atoms in total. The van der Waals surface area contributed by atoms with Gasteiger partial charge in [0.2, 0.25) is 17.6 Å². The van der Waals surface area contributed by atoms with Crippen LogP contribution in [0.3, 0.4) is 0 Å². The zero-order chi connectivity index (χ0) is 25.3. The Labute approximate surface area is 203 Å². The van der Waals surface area contributed by atoms with E-state index in [1.807, 2.05) is 30.3 Å². The molecule has 1 atom stereocenters. The van der Waals surface area contributed by atoms with Crippen LogP contribution in [0.2, 0.25) is 0 Å². The first-order valence-electron chi connectivity index (χ1n) is 11.1. The maximum absolute atomic E-state index is 13.0. The second-order valence-corrected chi connectivity index (χ2v) is 8.31. The van der Waals surface area contributed by atoms with Crippen molar-refractivity contribution < 1.29 is 27.3 Å². The van der Waals surface area contributed by atoms with Crippen LogP contribution in [-0.4, -0.2) is 28.5 Å². The summed E-state index contributed by atoms with van der Waals surface area (Å²) in [5, 5.41) is 6.75. The predicted molar refractivity (Wildman–Crippen MR) is 126 cm³/mol. The molecule has 1 aliphatic rings. The molecule has 0 bridgehead atoms. The van der Waals surface area contributed by atoms with Crippen molar-refractivity contribution in [3.05, 3.63) is 84.4 Å². The Bertz CT molecular complexity index is 1400. The Morgan fingerprint density at radius 1 is 0.972 bits per heavy atom. The van der Waals surface area contributed by atoms with Crippen LogP contribution in [0.4, 0.5) is 24.5 Å². The molecule has 0 spiro atoms. The van der Waals surface area contributed by atoms with E-state index in [9.17, 15) is 22.8 Å². The summed E-state index contributed by atoms with van der Waals surface area (Å²) in [6, 6.07) is 20.7. The summed E-state index contributed by atoms with van der Waals surface area (Å²) in [6.07, 6.45) is -4.61. The zero-order valence-corrected chi connectivity index (χ0v) is 18.7. The molecule has 0 unspecified atom stereocenters. The molecule has 182 valence electrons. The average Bonchev–Trinajstić information content (AvgIpc) is 3.52. The van der Waals surface area contributed by atoms with E-state index in [1.54, 1.807) is 24.3 Å². The number of nitrogens with zero attached hydrogens (tertiary/aromatic N) is 3. The molecule has 1 fully saturated rings. The van der Waals surface area contributed by atoms with Gasteiger partial charge in [0, 0.05) is 35.5 Å². The lowest BCUT2D eigenvalue weighted by Gasteiger charge is -2.18. The van der Waals surface area contributed by atoms with E-state index >= 15 is 0 Å². The molecule has 1 aromatic heterocycles. The van der Waals surface area contributed by atoms with E-state index in [2.05, 4.69) is 15.5 Å². The smallest absolute Gasteiger partial charge is 0.334 e. The molecule has 0 saturated carbocycles. The fourth-order valence-corrected chi connectivity index (χ4v) is 3.97. The molecular weight excluding hydrogens is 473 g/mol. The van der Waals surface area contributed by atoms with Crippen LogP contribution in [0.15, 0.2) is 83.4 Å². The normalized spacial score (nSPS) is 15.8. The molecule has 5 rings (SSSR count). The summed E-state index contributed by atoms with van der Waals surface area (Å²) < 4.78 is 44.4. The molecule has 0 aliphatic carbocycles. The van der Waals surface area contributed by atoms with Crippen LogP contribution in [0, 0.1) is 5.92 Å². The molecule has 0 radical (unpaired) electrons. The second kappa shape index (κ2) is 9.29. The highest BCUT2D eigenvalue weighted by Crippen LogP contribution is 2.34. The molecule has 36 heavy (non-hydrogen) atoms. The molecule has 3 aromatic carbocycles. The van der Waals surface area contributed by atoms with Gasteiger partial charge in [0.1, 0.15) is 0 Å². The van der Waals surface area contributed by atoms with Crippen molar-refractivity contribution in [1.29, 1.82) is 0 Å². The van der Waals surface area contributed by atoms with Crippen molar-refractivity contribution in [3.63, 3.8) is 0 Å². The molecule has 1 aliphatic heterocycles. The monoisotopic (exact) mass is 492 g/mol. The van der Waals surface area contributed by atoms with Gasteiger partial charge in [-0.3, -0.25) is 9.59 Å². The lowest BCUT2D eigenvalue weighted by Crippen LogP contribution is -2.28. The summed E-state index contributed by atoms with van der Waals surface area (Å²) in [5.74, 6) is -0.717. The number of alkyl halides is 3. The third kappa shape index (κ3) is 4.83. The van der Waals surface area contributed by atoms with Crippen molar-refractivity contribution in [2.24, 2.45) is 5.92 Å². The number of benzene rings is 3.